The van der Waals surface area contributed by atoms with Crippen molar-refractivity contribution in [2.75, 3.05) is 0 Å². The molecule has 2 aromatic rings. The Balaban J connectivity index is 1.67. The van der Waals surface area contributed by atoms with E-state index in [0.717, 1.165) is 11.1 Å². The fraction of sp³-hybridized carbons (Fsp3) is 0.400. The zero-order valence-corrected chi connectivity index (χ0v) is 14.1. The van der Waals surface area contributed by atoms with Gasteiger partial charge >= 0.3 is 0 Å². The van der Waals surface area contributed by atoms with Crippen molar-refractivity contribution in [1.82, 2.24) is 0 Å². The van der Waals surface area contributed by atoms with Gasteiger partial charge in [-0.1, -0.05) is 60.7 Å². The second-order valence-corrected chi connectivity index (χ2v) is 6.20. The molecule has 5 heteroatoms. The molecule has 3 rings (SSSR count). The van der Waals surface area contributed by atoms with Gasteiger partial charge in [0, 0.05) is 0 Å². The molecule has 0 aliphatic carbocycles. The van der Waals surface area contributed by atoms with E-state index in [4.69, 9.17) is 14.2 Å². The molecule has 0 unspecified atom stereocenters. The number of hydrogen-bond acceptors (Lipinski definition) is 4. The van der Waals surface area contributed by atoms with E-state index in [-0.39, 0.29) is 6.61 Å². The van der Waals surface area contributed by atoms with Crippen molar-refractivity contribution >= 4 is 0 Å². The summed E-state index contributed by atoms with van der Waals surface area (Å²) in [5, 5.41) is 9.79. The summed E-state index contributed by atoms with van der Waals surface area (Å²) in [6.07, 6.45) is -5.16. The third kappa shape index (κ3) is 4.64. The summed E-state index contributed by atoms with van der Waals surface area (Å²) in [4.78, 5) is 0. The van der Waals surface area contributed by atoms with Gasteiger partial charge in [0.1, 0.15) is 12.2 Å². The topological polar surface area (TPSA) is 47.9 Å². The molecule has 1 N–H and O–H groups in total. The van der Waals surface area contributed by atoms with E-state index < -0.39 is 30.8 Å². The van der Waals surface area contributed by atoms with E-state index in [0.29, 0.717) is 6.61 Å². The van der Waals surface area contributed by atoms with Gasteiger partial charge in [0.25, 0.3) is 0 Å². The van der Waals surface area contributed by atoms with Crippen molar-refractivity contribution in [2.45, 2.75) is 50.9 Å². The first-order chi connectivity index (χ1) is 12.1. The highest BCUT2D eigenvalue weighted by Crippen LogP contribution is 2.28. The van der Waals surface area contributed by atoms with Gasteiger partial charge in [0.05, 0.1) is 19.3 Å². The zero-order chi connectivity index (χ0) is 17.6. The van der Waals surface area contributed by atoms with Crippen molar-refractivity contribution in [3.8, 4) is 0 Å². The standard InChI is InChI=1S/C20H23FO4/c1-14-18(23-12-15-8-4-2-5-9-15)19(17(21)20(22)25-14)24-13-16-10-6-3-7-11-16/h2-11,14,17-20,22H,12-13H2,1H3/t14-,17-,18-,19-,20+/m0/s1. The SMILES string of the molecule is C[C@@H]1O[C@@H](O)[C@@H](F)[C@H](OCc2ccccc2)[C@H]1OCc1ccccc1. The maximum absolute atomic E-state index is 14.5. The predicted molar refractivity (Wildman–Crippen MR) is 91.5 cm³/mol. The lowest BCUT2D eigenvalue weighted by Crippen LogP contribution is -2.56. The quantitative estimate of drug-likeness (QED) is 0.872. The fourth-order valence-corrected chi connectivity index (χ4v) is 2.93. The van der Waals surface area contributed by atoms with Crippen LogP contribution >= 0.6 is 0 Å². The Morgan fingerprint density at radius 2 is 1.36 bits per heavy atom. The molecule has 0 amide bonds. The molecule has 0 spiro atoms. The van der Waals surface area contributed by atoms with Crippen LogP contribution in [0.4, 0.5) is 4.39 Å². The van der Waals surface area contributed by atoms with Crippen LogP contribution in [0.15, 0.2) is 60.7 Å². The van der Waals surface area contributed by atoms with Crippen molar-refractivity contribution in [3.05, 3.63) is 71.8 Å². The largest absolute Gasteiger partial charge is 0.368 e. The second-order valence-electron chi connectivity index (χ2n) is 6.20. The molecule has 0 aromatic heterocycles. The van der Waals surface area contributed by atoms with Gasteiger partial charge < -0.3 is 19.3 Å². The summed E-state index contributed by atoms with van der Waals surface area (Å²) in [6.45, 7) is 2.33. The van der Waals surface area contributed by atoms with Gasteiger partial charge in [0.2, 0.25) is 0 Å². The van der Waals surface area contributed by atoms with E-state index in [1.807, 2.05) is 60.7 Å². The minimum absolute atomic E-state index is 0.247. The van der Waals surface area contributed by atoms with Crippen LogP contribution in [-0.4, -0.2) is 35.9 Å². The second kappa shape index (κ2) is 8.54. The minimum atomic E-state index is -1.67. The van der Waals surface area contributed by atoms with Crippen LogP contribution in [0.25, 0.3) is 0 Å². The van der Waals surface area contributed by atoms with Crippen molar-refractivity contribution in [2.24, 2.45) is 0 Å². The van der Waals surface area contributed by atoms with E-state index in [1.54, 1.807) is 6.92 Å². The predicted octanol–water partition coefficient (Wildman–Crippen LogP) is 3.23. The molecular weight excluding hydrogens is 323 g/mol. The summed E-state index contributed by atoms with van der Waals surface area (Å²) < 4.78 is 31.5. The average Bonchev–Trinajstić information content (AvgIpc) is 2.64. The van der Waals surface area contributed by atoms with Gasteiger partial charge in [-0.15, -0.1) is 0 Å². The first-order valence-corrected chi connectivity index (χ1v) is 8.44. The number of benzene rings is 2. The lowest BCUT2D eigenvalue weighted by atomic mass is 10.00. The van der Waals surface area contributed by atoms with Gasteiger partial charge in [0.15, 0.2) is 12.5 Å². The van der Waals surface area contributed by atoms with E-state index >= 15 is 0 Å². The molecule has 5 atom stereocenters. The summed E-state index contributed by atoms with van der Waals surface area (Å²) >= 11 is 0. The highest BCUT2D eigenvalue weighted by molar-refractivity contribution is 5.14. The van der Waals surface area contributed by atoms with Gasteiger partial charge in [-0.05, 0) is 18.1 Å². The summed E-state index contributed by atoms with van der Waals surface area (Å²) in [6, 6.07) is 19.2. The normalized spacial score (nSPS) is 29.5. The van der Waals surface area contributed by atoms with Crippen molar-refractivity contribution in [3.63, 3.8) is 0 Å². The average molecular weight is 346 g/mol. The number of alkyl halides is 1. The molecule has 25 heavy (non-hydrogen) atoms. The van der Waals surface area contributed by atoms with Gasteiger partial charge in [-0.2, -0.15) is 0 Å². The van der Waals surface area contributed by atoms with Crippen molar-refractivity contribution in [1.29, 1.82) is 0 Å². The first-order valence-electron chi connectivity index (χ1n) is 8.44. The molecular formula is C20H23FO4. The first kappa shape index (κ1) is 18.0. The Kier molecular flexibility index (Phi) is 6.15. The molecule has 134 valence electrons. The molecule has 1 saturated heterocycles. The van der Waals surface area contributed by atoms with Crippen LogP contribution in [0.3, 0.4) is 0 Å². The lowest BCUT2D eigenvalue weighted by Gasteiger charge is -2.40. The van der Waals surface area contributed by atoms with Gasteiger partial charge in [-0.25, -0.2) is 4.39 Å². The summed E-state index contributed by atoms with van der Waals surface area (Å²) in [5.41, 5.74) is 1.92. The third-order valence-electron chi connectivity index (χ3n) is 4.30. The molecule has 1 heterocycles. The summed E-state index contributed by atoms with van der Waals surface area (Å²) in [7, 11) is 0. The molecule has 2 aromatic carbocycles. The Morgan fingerprint density at radius 1 is 0.880 bits per heavy atom. The van der Waals surface area contributed by atoms with Crippen LogP contribution in [0.5, 0.6) is 0 Å². The molecule has 1 fully saturated rings. The van der Waals surface area contributed by atoms with Crippen molar-refractivity contribution < 1.29 is 23.7 Å². The highest BCUT2D eigenvalue weighted by atomic mass is 19.1. The summed E-state index contributed by atoms with van der Waals surface area (Å²) in [5.74, 6) is 0. The minimum Gasteiger partial charge on any atom is -0.368 e. The number of aliphatic hydroxyl groups excluding tert-OH is 1. The molecule has 0 radical (unpaired) electrons. The molecule has 0 bridgehead atoms. The third-order valence-corrected chi connectivity index (χ3v) is 4.30. The Morgan fingerprint density at radius 3 is 1.88 bits per heavy atom. The smallest absolute Gasteiger partial charge is 0.189 e. The Hall–Kier alpha value is -1.79. The monoisotopic (exact) mass is 346 g/mol. The van der Waals surface area contributed by atoms with Crippen LogP contribution in [0, 0.1) is 0 Å². The highest BCUT2D eigenvalue weighted by Gasteiger charge is 2.45. The number of hydrogen-bond donors (Lipinski definition) is 1. The maximum Gasteiger partial charge on any atom is 0.189 e. The van der Waals surface area contributed by atoms with Gasteiger partial charge in [-0.3, -0.25) is 0 Å². The van der Waals surface area contributed by atoms with Crippen LogP contribution < -0.4 is 0 Å². The van der Waals surface area contributed by atoms with Crippen LogP contribution in [0.1, 0.15) is 18.1 Å². The van der Waals surface area contributed by atoms with Crippen LogP contribution in [0.2, 0.25) is 0 Å². The number of rotatable bonds is 6. The lowest BCUT2D eigenvalue weighted by molar-refractivity contribution is -0.282. The number of ether oxygens (including phenoxy) is 3. The van der Waals surface area contributed by atoms with E-state index in [1.165, 1.54) is 0 Å². The molecule has 1 aliphatic heterocycles. The van der Waals surface area contributed by atoms with E-state index in [9.17, 15) is 9.50 Å². The number of halogens is 1. The molecule has 4 nitrogen and oxygen atoms in total. The zero-order valence-electron chi connectivity index (χ0n) is 14.1. The molecule has 0 saturated carbocycles. The molecule has 1 aliphatic rings. The fourth-order valence-electron chi connectivity index (χ4n) is 2.93. The van der Waals surface area contributed by atoms with Crippen LogP contribution in [-0.2, 0) is 27.4 Å². The maximum atomic E-state index is 14.5. The van der Waals surface area contributed by atoms with E-state index in [2.05, 4.69) is 0 Å². The Labute approximate surface area is 147 Å². The Bertz CT molecular complexity index is 637. The number of aliphatic hydroxyl groups is 1.